The molecule has 1 amide bonds. The van der Waals surface area contributed by atoms with Crippen molar-refractivity contribution < 1.29 is 4.79 Å². The van der Waals surface area contributed by atoms with Gasteiger partial charge in [-0.3, -0.25) is 4.79 Å². The molecule has 0 N–H and O–H groups in total. The van der Waals surface area contributed by atoms with Crippen LogP contribution in [0.5, 0.6) is 0 Å². The number of rotatable bonds is 5. The van der Waals surface area contributed by atoms with Crippen LogP contribution in [-0.4, -0.2) is 29.3 Å². The van der Waals surface area contributed by atoms with Gasteiger partial charge < -0.3 is 4.90 Å². The van der Waals surface area contributed by atoms with Crippen LogP contribution < -0.4 is 0 Å². The molecule has 2 rings (SSSR count). The first kappa shape index (κ1) is 14.2. The number of nitrogens with zero attached hydrogens (tertiary/aromatic N) is 1. The fraction of sp³-hybridized carbons (Fsp3) is 0.933. The standard InChI is InChI=1S/C15H26ClNO/c16-10-4-8-14-9-5-11-17(14)15(18)12-13-6-2-1-3-7-13/h13-14H,1-12H2. The van der Waals surface area contributed by atoms with Crippen LogP contribution in [0.2, 0.25) is 0 Å². The lowest BCUT2D eigenvalue weighted by atomic mass is 9.86. The highest BCUT2D eigenvalue weighted by Gasteiger charge is 2.29. The molecule has 1 saturated heterocycles. The van der Waals surface area contributed by atoms with E-state index in [1.54, 1.807) is 0 Å². The molecule has 0 radical (unpaired) electrons. The summed E-state index contributed by atoms with van der Waals surface area (Å²) < 4.78 is 0. The lowest BCUT2D eigenvalue weighted by Gasteiger charge is -2.28. The number of hydrogen-bond donors (Lipinski definition) is 0. The van der Waals surface area contributed by atoms with Crippen LogP contribution >= 0.6 is 11.6 Å². The van der Waals surface area contributed by atoms with E-state index in [1.165, 1.54) is 44.9 Å². The summed E-state index contributed by atoms with van der Waals surface area (Å²) in [5.74, 6) is 1.81. The Labute approximate surface area is 116 Å². The SMILES string of the molecule is O=C(CC1CCCCC1)N1CCCC1CCCCl. The fourth-order valence-corrected chi connectivity index (χ4v) is 3.69. The lowest BCUT2D eigenvalue weighted by molar-refractivity contribution is -0.133. The van der Waals surface area contributed by atoms with E-state index < -0.39 is 0 Å². The maximum Gasteiger partial charge on any atom is 0.223 e. The second-order valence-electron chi connectivity index (χ2n) is 5.92. The smallest absolute Gasteiger partial charge is 0.223 e. The Kier molecular flexibility index (Phi) is 5.81. The molecule has 1 aliphatic heterocycles. The number of hydrogen-bond acceptors (Lipinski definition) is 1. The first-order valence-electron chi connectivity index (χ1n) is 7.66. The van der Waals surface area contributed by atoms with Gasteiger partial charge in [-0.15, -0.1) is 11.6 Å². The maximum atomic E-state index is 12.4. The third-order valence-corrected chi connectivity index (χ3v) is 4.82. The predicted molar refractivity (Wildman–Crippen MR) is 75.9 cm³/mol. The van der Waals surface area contributed by atoms with Crippen LogP contribution in [0.15, 0.2) is 0 Å². The monoisotopic (exact) mass is 271 g/mol. The van der Waals surface area contributed by atoms with Crippen molar-refractivity contribution in [2.45, 2.75) is 70.3 Å². The minimum Gasteiger partial charge on any atom is -0.340 e. The molecule has 0 aromatic carbocycles. The Morgan fingerprint density at radius 2 is 1.89 bits per heavy atom. The second kappa shape index (κ2) is 7.37. The van der Waals surface area contributed by atoms with Crippen molar-refractivity contribution in [3.05, 3.63) is 0 Å². The maximum absolute atomic E-state index is 12.4. The summed E-state index contributed by atoms with van der Waals surface area (Å²) in [6.45, 7) is 0.985. The normalized spacial score (nSPS) is 25.6. The molecule has 2 aliphatic rings. The second-order valence-corrected chi connectivity index (χ2v) is 6.30. The number of halogens is 1. The molecule has 1 aliphatic carbocycles. The third kappa shape index (κ3) is 3.88. The van der Waals surface area contributed by atoms with Crippen molar-refractivity contribution in [2.75, 3.05) is 12.4 Å². The van der Waals surface area contributed by atoms with Gasteiger partial charge in [0.2, 0.25) is 5.91 Å². The van der Waals surface area contributed by atoms with E-state index in [0.29, 0.717) is 17.9 Å². The van der Waals surface area contributed by atoms with Crippen LogP contribution in [0.25, 0.3) is 0 Å². The number of likely N-dealkylation sites (tertiary alicyclic amines) is 1. The zero-order chi connectivity index (χ0) is 12.8. The van der Waals surface area contributed by atoms with Crippen molar-refractivity contribution in [1.82, 2.24) is 4.90 Å². The third-order valence-electron chi connectivity index (χ3n) is 4.56. The first-order chi connectivity index (χ1) is 8.81. The van der Waals surface area contributed by atoms with Crippen LogP contribution in [0.4, 0.5) is 0 Å². The van der Waals surface area contributed by atoms with Crippen molar-refractivity contribution in [1.29, 1.82) is 0 Å². The molecular formula is C15H26ClNO. The van der Waals surface area contributed by atoms with Crippen LogP contribution in [0, 0.1) is 5.92 Å². The molecule has 18 heavy (non-hydrogen) atoms. The number of alkyl halides is 1. The summed E-state index contributed by atoms with van der Waals surface area (Å²) in [5, 5.41) is 0. The Morgan fingerprint density at radius 3 is 2.61 bits per heavy atom. The van der Waals surface area contributed by atoms with Gasteiger partial charge in [0.1, 0.15) is 0 Å². The lowest BCUT2D eigenvalue weighted by Crippen LogP contribution is -2.36. The zero-order valence-electron chi connectivity index (χ0n) is 11.4. The van der Waals surface area contributed by atoms with Gasteiger partial charge >= 0.3 is 0 Å². The molecule has 2 nitrogen and oxygen atoms in total. The molecule has 3 heteroatoms. The van der Waals surface area contributed by atoms with Crippen LogP contribution in [-0.2, 0) is 4.79 Å². The van der Waals surface area contributed by atoms with Crippen molar-refractivity contribution in [3.63, 3.8) is 0 Å². The molecule has 1 unspecified atom stereocenters. The molecule has 1 saturated carbocycles. The van der Waals surface area contributed by atoms with E-state index >= 15 is 0 Å². The number of carbonyl (C=O) groups excluding carboxylic acids is 1. The van der Waals surface area contributed by atoms with Gasteiger partial charge in [0.15, 0.2) is 0 Å². The quantitative estimate of drug-likeness (QED) is 0.693. The number of amides is 1. The minimum absolute atomic E-state index is 0.416. The summed E-state index contributed by atoms with van der Waals surface area (Å²) in [7, 11) is 0. The van der Waals surface area contributed by atoms with Crippen LogP contribution in [0.3, 0.4) is 0 Å². The Balaban J connectivity index is 1.79. The van der Waals surface area contributed by atoms with Gasteiger partial charge in [0.25, 0.3) is 0 Å². The van der Waals surface area contributed by atoms with E-state index in [1.807, 2.05) is 0 Å². The van der Waals surface area contributed by atoms with Gasteiger partial charge in [-0.25, -0.2) is 0 Å². The highest BCUT2D eigenvalue weighted by atomic mass is 35.5. The van der Waals surface area contributed by atoms with Crippen molar-refractivity contribution in [2.24, 2.45) is 5.92 Å². The van der Waals surface area contributed by atoms with E-state index in [2.05, 4.69) is 4.90 Å². The summed E-state index contributed by atoms with van der Waals surface area (Å²) >= 11 is 5.76. The topological polar surface area (TPSA) is 20.3 Å². The highest BCUT2D eigenvalue weighted by molar-refractivity contribution is 6.17. The first-order valence-corrected chi connectivity index (χ1v) is 8.20. The average Bonchev–Trinajstić information content (AvgIpc) is 2.86. The molecule has 1 heterocycles. The summed E-state index contributed by atoms with van der Waals surface area (Å²) in [5.41, 5.74) is 0. The average molecular weight is 272 g/mol. The fourth-order valence-electron chi connectivity index (χ4n) is 3.53. The molecule has 0 aromatic heterocycles. The van der Waals surface area contributed by atoms with E-state index in [0.717, 1.165) is 31.7 Å². The van der Waals surface area contributed by atoms with Crippen LogP contribution in [0.1, 0.15) is 64.2 Å². The van der Waals surface area contributed by atoms with Crippen molar-refractivity contribution >= 4 is 17.5 Å². The minimum atomic E-state index is 0.416. The Bertz CT molecular complexity index is 263. The molecule has 0 aromatic rings. The number of carbonyl (C=O) groups is 1. The van der Waals surface area contributed by atoms with Gasteiger partial charge in [0.05, 0.1) is 0 Å². The van der Waals surface area contributed by atoms with Crippen molar-refractivity contribution in [3.8, 4) is 0 Å². The van der Waals surface area contributed by atoms with E-state index in [4.69, 9.17) is 11.6 Å². The summed E-state index contributed by atoms with van der Waals surface area (Å²) in [6, 6.07) is 0.486. The molecule has 1 atom stereocenters. The largest absolute Gasteiger partial charge is 0.340 e. The van der Waals surface area contributed by atoms with Gasteiger partial charge in [0, 0.05) is 24.9 Å². The zero-order valence-corrected chi connectivity index (χ0v) is 12.1. The summed E-state index contributed by atoms with van der Waals surface area (Å²) in [4.78, 5) is 14.5. The molecule has 0 spiro atoms. The van der Waals surface area contributed by atoms with E-state index in [9.17, 15) is 4.79 Å². The van der Waals surface area contributed by atoms with Gasteiger partial charge in [-0.05, 0) is 44.4 Å². The Morgan fingerprint density at radius 1 is 1.11 bits per heavy atom. The van der Waals surface area contributed by atoms with Gasteiger partial charge in [-0.1, -0.05) is 19.3 Å². The highest BCUT2D eigenvalue weighted by Crippen LogP contribution is 2.29. The summed E-state index contributed by atoms with van der Waals surface area (Å²) in [6.07, 6.45) is 11.9. The van der Waals surface area contributed by atoms with Gasteiger partial charge in [-0.2, -0.15) is 0 Å². The molecule has 104 valence electrons. The Hall–Kier alpha value is -0.240. The predicted octanol–water partition coefficient (Wildman–Crippen LogP) is 3.97. The molecule has 0 bridgehead atoms. The molecule has 2 fully saturated rings. The molecular weight excluding hydrogens is 246 g/mol. The van der Waals surface area contributed by atoms with E-state index in [-0.39, 0.29) is 0 Å².